The van der Waals surface area contributed by atoms with Gasteiger partial charge in [-0.05, 0) is 23.8 Å². The Hall–Kier alpha value is -2.34. The fourth-order valence-corrected chi connectivity index (χ4v) is 2.39. The molecule has 6 nitrogen and oxygen atoms in total. The molecule has 2 heterocycles. The topological polar surface area (TPSA) is 73.3 Å². The third-order valence-electron chi connectivity index (χ3n) is 3.04. The number of fused-ring (bicyclic) bond motifs is 1. The summed E-state index contributed by atoms with van der Waals surface area (Å²) in [6.45, 7) is 1.13. The molecule has 1 aromatic heterocycles. The molecule has 1 amide bonds. The van der Waals surface area contributed by atoms with Crippen LogP contribution < -0.4 is 14.8 Å². The lowest BCUT2D eigenvalue weighted by molar-refractivity contribution is -0.115. The van der Waals surface area contributed by atoms with E-state index in [0.717, 1.165) is 12.0 Å². The van der Waals surface area contributed by atoms with E-state index in [1.165, 1.54) is 0 Å². The van der Waals surface area contributed by atoms with Gasteiger partial charge in [0.25, 0.3) is 0 Å². The molecule has 0 saturated heterocycles. The molecular formula is C15H14ClN3O3. The van der Waals surface area contributed by atoms with E-state index >= 15 is 0 Å². The Morgan fingerprint density at radius 1 is 1.23 bits per heavy atom. The minimum Gasteiger partial charge on any atom is -0.489 e. The number of rotatable bonds is 3. The third-order valence-corrected chi connectivity index (χ3v) is 3.32. The molecule has 114 valence electrons. The number of anilines is 1. The zero-order chi connectivity index (χ0) is 15.4. The van der Waals surface area contributed by atoms with Crippen LogP contribution in [0.15, 0.2) is 30.6 Å². The lowest BCUT2D eigenvalue weighted by Gasteiger charge is -2.11. The van der Waals surface area contributed by atoms with E-state index in [2.05, 4.69) is 15.3 Å². The maximum absolute atomic E-state index is 12.0. The van der Waals surface area contributed by atoms with Gasteiger partial charge in [-0.25, -0.2) is 9.97 Å². The smallest absolute Gasteiger partial charge is 0.231 e. The van der Waals surface area contributed by atoms with Crippen LogP contribution in [0.25, 0.3) is 0 Å². The van der Waals surface area contributed by atoms with Crippen molar-refractivity contribution in [2.24, 2.45) is 0 Å². The normalized spacial score (nSPS) is 13.3. The summed E-state index contributed by atoms with van der Waals surface area (Å²) in [5.41, 5.74) is 0.739. The Kier molecular flexibility index (Phi) is 4.39. The average molecular weight is 320 g/mol. The summed E-state index contributed by atoms with van der Waals surface area (Å²) < 4.78 is 11.2. The van der Waals surface area contributed by atoms with Gasteiger partial charge in [-0.15, -0.1) is 0 Å². The minimum absolute atomic E-state index is 0.147. The molecule has 3 rings (SSSR count). The molecule has 22 heavy (non-hydrogen) atoms. The Morgan fingerprint density at radius 2 is 2.00 bits per heavy atom. The average Bonchev–Trinajstić information content (AvgIpc) is 2.74. The first-order valence-electron chi connectivity index (χ1n) is 6.87. The summed E-state index contributed by atoms with van der Waals surface area (Å²) in [5, 5.41) is 3.07. The SMILES string of the molecule is O=C(Cc1cc(Cl)c2c(c1)OCCCO2)Nc1ncccn1. The lowest BCUT2D eigenvalue weighted by atomic mass is 10.1. The highest BCUT2D eigenvalue weighted by Gasteiger charge is 2.17. The molecule has 0 fully saturated rings. The molecule has 1 aromatic carbocycles. The Balaban J connectivity index is 1.74. The van der Waals surface area contributed by atoms with Crippen LogP contribution >= 0.6 is 11.6 Å². The Bertz CT molecular complexity index is 679. The van der Waals surface area contributed by atoms with E-state index in [9.17, 15) is 4.79 Å². The number of nitrogens with zero attached hydrogens (tertiary/aromatic N) is 2. The number of halogens is 1. The zero-order valence-electron chi connectivity index (χ0n) is 11.7. The molecular weight excluding hydrogens is 306 g/mol. The van der Waals surface area contributed by atoms with Crippen molar-refractivity contribution in [1.82, 2.24) is 9.97 Å². The van der Waals surface area contributed by atoms with E-state index in [-0.39, 0.29) is 18.3 Å². The third kappa shape index (κ3) is 3.46. The van der Waals surface area contributed by atoms with Gasteiger partial charge >= 0.3 is 0 Å². The maximum atomic E-state index is 12.0. The zero-order valence-corrected chi connectivity index (χ0v) is 12.5. The van der Waals surface area contributed by atoms with Gasteiger partial charge in [-0.3, -0.25) is 10.1 Å². The predicted octanol–water partition coefficient (Wildman–Crippen LogP) is 2.47. The molecule has 1 aliphatic heterocycles. The molecule has 0 unspecified atom stereocenters. The van der Waals surface area contributed by atoms with Crippen LogP contribution in [0.4, 0.5) is 5.95 Å². The summed E-state index contributed by atoms with van der Waals surface area (Å²) in [6.07, 6.45) is 4.07. The monoisotopic (exact) mass is 319 g/mol. The molecule has 0 bridgehead atoms. The fraction of sp³-hybridized carbons (Fsp3) is 0.267. The number of benzene rings is 1. The van der Waals surface area contributed by atoms with Gasteiger partial charge < -0.3 is 9.47 Å². The van der Waals surface area contributed by atoms with Gasteiger partial charge in [0.2, 0.25) is 11.9 Å². The first kappa shape index (κ1) is 14.6. The number of aromatic nitrogens is 2. The van der Waals surface area contributed by atoms with Crippen molar-refractivity contribution in [3.05, 3.63) is 41.2 Å². The maximum Gasteiger partial charge on any atom is 0.231 e. The van der Waals surface area contributed by atoms with Crippen molar-refractivity contribution in [2.75, 3.05) is 18.5 Å². The summed E-state index contributed by atoms with van der Waals surface area (Å²) in [7, 11) is 0. The van der Waals surface area contributed by atoms with E-state index in [1.807, 2.05) is 0 Å². The van der Waals surface area contributed by atoms with Crippen LogP contribution in [-0.4, -0.2) is 29.1 Å². The van der Waals surface area contributed by atoms with Crippen molar-refractivity contribution in [1.29, 1.82) is 0 Å². The van der Waals surface area contributed by atoms with Crippen molar-refractivity contribution in [3.8, 4) is 11.5 Å². The van der Waals surface area contributed by atoms with Crippen LogP contribution in [-0.2, 0) is 11.2 Å². The summed E-state index contributed by atoms with van der Waals surface area (Å²) in [6, 6.07) is 5.16. The fourth-order valence-electron chi connectivity index (χ4n) is 2.10. The molecule has 7 heteroatoms. The van der Waals surface area contributed by atoms with Crippen molar-refractivity contribution < 1.29 is 14.3 Å². The van der Waals surface area contributed by atoms with Crippen LogP contribution in [0.2, 0.25) is 5.02 Å². The highest BCUT2D eigenvalue weighted by molar-refractivity contribution is 6.32. The molecule has 1 N–H and O–H groups in total. The number of carbonyl (C=O) groups is 1. The van der Waals surface area contributed by atoms with E-state index < -0.39 is 0 Å². The second-order valence-electron chi connectivity index (χ2n) is 4.75. The number of ether oxygens (including phenoxy) is 2. The van der Waals surface area contributed by atoms with Crippen molar-refractivity contribution >= 4 is 23.5 Å². The standard InChI is InChI=1S/C15H14ClN3O3/c16-11-7-10(8-12-14(11)22-6-2-5-21-12)9-13(20)19-15-17-3-1-4-18-15/h1,3-4,7-8H,2,5-6,9H2,(H,17,18,19,20). The highest BCUT2D eigenvalue weighted by atomic mass is 35.5. The number of hydrogen-bond acceptors (Lipinski definition) is 5. The molecule has 0 aliphatic carbocycles. The minimum atomic E-state index is -0.225. The number of nitrogens with one attached hydrogen (secondary N) is 1. The van der Waals surface area contributed by atoms with Crippen LogP contribution in [0, 0.1) is 0 Å². The number of amides is 1. The molecule has 0 saturated carbocycles. The van der Waals surface area contributed by atoms with Crippen LogP contribution in [0.5, 0.6) is 11.5 Å². The van der Waals surface area contributed by atoms with Gasteiger partial charge in [-0.1, -0.05) is 11.6 Å². The van der Waals surface area contributed by atoms with Gasteiger partial charge in [0.15, 0.2) is 11.5 Å². The van der Waals surface area contributed by atoms with E-state index in [1.54, 1.807) is 30.6 Å². The highest BCUT2D eigenvalue weighted by Crippen LogP contribution is 2.38. The van der Waals surface area contributed by atoms with Gasteiger partial charge in [0.05, 0.1) is 24.7 Å². The molecule has 0 atom stereocenters. The summed E-state index contributed by atoms with van der Waals surface area (Å²) >= 11 is 6.20. The number of hydrogen-bond donors (Lipinski definition) is 1. The number of carbonyl (C=O) groups excluding carboxylic acids is 1. The largest absolute Gasteiger partial charge is 0.489 e. The predicted molar refractivity (Wildman–Crippen MR) is 81.4 cm³/mol. The molecule has 0 spiro atoms. The molecule has 2 aromatic rings. The van der Waals surface area contributed by atoms with Crippen molar-refractivity contribution in [2.45, 2.75) is 12.8 Å². The Labute approximate surface area is 132 Å². The van der Waals surface area contributed by atoms with Crippen molar-refractivity contribution in [3.63, 3.8) is 0 Å². The molecule has 0 radical (unpaired) electrons. The van der Waals surface area contributed by atoms with Crippen LogP contribution in [0.3, 0.4) is 0 Å². The van der Waals surface area contributed by atoms with Gasteiger partial charge in [-0.2, -0.15) is 0 Å². The first-order chi connectivity index (χ1) is 10.7. The Morgan fingerprint density at radius 3 is 2.82 bits per heavy atom. The van der Waals surface area contributed by atoms with Crippen LogP contribution in [0.1, 0.15) is 12.0 Å². The van der Waals surface area contributed by atoms with Gasteiger partial charge in [0, 0.05) is 18.8 Å². The molecule has 1 aliphatic rings. The van der Waals surface area contributed by atoms with E-state index in [0.29, 0.717) is 29.7 Å². The summed E-state index contributed by atoms with van der Waals surface area (Å²) in [4.78, 5) is 19.9. The second-order valence-corrected chi connectivity index (χ2v) is 5.16. The first-order valence-corrected chi connectivity index (χ1v) is 7.25. The lowest BCUT2D eigenvalue weighted by Crippen LogP contribution is -2.16. The van der Waals surface area contributed by atoms with Gasteiger partial charge in [0.1, 0.15) is 0 Å². The second kappa shape index (κ2) is 6.62. The summed E-state index contributed by atoms with van der Waals surface area (Å²) in [5.74, 6) is 1.16. The quantitative estimate of drug-likeness (QED) is 0.940. The van der Waals surface area contributed by atoms with E-state index in [4.69, 9.17) is 21.1 Å².